The Kier molecular flexibility index (Phi) is 14.6. The lowest BCUT2D eigenvalue weighted by Crippen LogP contribution is -2.75. The summed E-state index contributed by atoms with van der Waals surface area (Å²) in [6.45, 7) is 13.5. The fraction of sp³-hybridized carbons (Fsp3) is 0.529. The van der Waals surface area contributed by atoms with Crippen LogP contribution in [0.25, 0.3) is 5.57 Å². The van der Waals surface area contributed by atoms with Crippen molar-refractivity contribution in [3.8, 4) is 23.3 Å². The Bertz CT molecular complexity index is 2650. The summed E-state index contributed by atoms with van der Waals surface area (Å²) < 4.78 is 62.8. The number of hydrogen-bond acceptors (Lipinski definition) is 12. The summed E-state index contributed by atoms with van der Waals surface area (Å²) in [5, 5.41) is 16.2. The summed E-state index contributed by atoms with van der Waals surface area (Å²) in [6, 6.07) is 16.6. The van der Waals surface area contributed by atoms with E-state index in [-0.39, 0.29) is 64.2 Å². The molecule has 3 atom stereocenters. The van der Waals surface area contributed by atoms with E-state index < -0.39 is 21.9 Å². The highest BCUT2D eigenvalue weighted by Gasteiger charge is 2.64. The predicted octanol–water partition coefficient (Wildman–Crippen LogP) is 7.03. The molecule has 15 nitrogen and oxygen atoms in total. The number of hydrogen-bond donors (Lipinski definition) is 3. The molecule has 0 radical (unpaired) electrons. The number of guanidine groups is 1. The average Bonchev–Trinajstić information content (AvgIpc) is 3.82. The Hall–Kier alpha value is -5.41. The molecule has 4 heterocycles. The molecule has 0 bridgehead atoms. The molecule has 370 valence electrons. The maximum absolute atomic E-state index is 16.2. The van der Waals surface area contributed by atoms with Gasteiger partial charge in [0.05, 0.1) is 40.9 Å². The second kappa shape index (κ2) is 20.1. The molecule has 69 heavy (non-hydrogen) atoms. The van der Waals surface area contributed by atoms with Crippen LogP contribution in [0.3, 0.4) is 0 Å². The van der Waals surface area contributed by atoms with E-state index in [9.17, 15) is 23.3 Å². The van der Waals surface area contributed by atoms with Crippen LogP contribution in [0, 0.1) is 39.8 Å². The first-order chi connectivity index (χ1) is 32.8. The van der Waals surface area contributed by atoms with Crippen LogP contribution < -0.4 is 24.8 Å². The molecule has 1 saturated carbocycles. The molecular weight excluding hydrogens is 923 g/mol. The zero-order chi connectivity index (χ0) is 49.4. The summed E-state index contributed by atoms with van der Waals surface area (Å²) in [7, 11) is 0.0951. The van der Waals surface area contributed by atoms with Crippen LogP contribution in [-0.4, -0.2) is 124 Å². The molecule has 1 aliphatic carbocycles. The number of likely N-dealkylation sites (tertiary alicyclic amines) is 1. The number of likely N-dealkylation sites (N-methyl/N-ethyl adjacent to an activating group) is 1. The molecule has 0 aromatic heterocycles. The Balaban J connectivity index is 0.815. The largest absolute Gasteiger partial charge is 0.489 e. The zero-order valence-corrected chi connectivity index (χ0v) is 42.1. The van der Waals surface area contributed by atoms with E-state index in [1.165, 1.54) is 4.90 Å². The van der Waals surface area contributed by atoms with Gasteiger partial charge in [0.2, 0.25) is 21.8 Å². The van der Waals surface area contributed by atoms with Crippen LogP contribution in [0.1, 0.15) is 77.0 Å². The number of benzene rings is 3. The van der Waals surface area contributed by atoms with Gasteiger partial charge in [0.15, 0.2) is 17.5 Å². The highest BCUT2D eigenvalue weighted by atomic mass is 35.5. The van der Waals surface area contributed by atoms with Crippen molar-refractivity contribution >= 4 is 50.7 Å². The smallest absolute Gasteiger partial charge is 0.244 e. The number of rotatable bonds is 15. The summed E-state index contributed by atoms with van der Waals surface area (Å²) in [5.74, 6) is 0.765. The van der Waals surface area contributed by atoms with E-state index in [0.29, 0.717) is 84.4 Å². The lowest BCUT2D eigenvalue weighted by Gasteiger charge is -2.63. The Labute approximate surface area is 410 Å². The minimum absolute atomic E-state index is 0.0253. The standard InChI is InChI=1S/C51H64ClFN8O7S/c1-8-69(64,65)58-34-15-17-41(38(25-34)39-30-59(6)46(63)44-37(39)18-21-55-44)68-42-13-9-11-31(43(42)53)12-10-24-66-35-19-22-61(23-20-35)49-56-28-33(29-60(49)7)45(62)57-47-50(2,3)48(51(47,4)5)67-36-16-14-32(27-54)40(52)26-36/h9,11,13-17,25-26,30,33,35,37,44,47-48,55,58H,8,10,12,18-24,28-29H2,1-7H3,(H,57,62). The minimum atomic E-state index is -3.58. The van der Waals surface area contributed by atoms with E-state index in [1.54, 1.807) is 74.8 Å². The minimum Gasteiger partial charge on any atom is -0.489 e. The number of aliphatic imine (C=N–C) groups is 1. The topological polar surface area (TPSA) is 178 Å². The number of nitrogens with one attached hydrogen (secondary N) is 3. The van der Waals surface area contributed by atoms with E-state index >= 15 is 4.39 Å². The van der Waals surface area contributed by atoms with E-state index in [2.05, 4.69) is 58.9 Å². The number of carbonyl (C=O) groups excluding carboxylic acids is 2. The fourth-order valence-electron chi connectivity index (χ4n) is 11.1. The van der Waals surface area contributed by atoms with Gasteiger partial charge in [-0.05, 0) is 93.1 Å². The number of nitriles is 1. The number of amides is 2. The van der Waals surface area contributed by atoms with E-state index in [0.717, 1.165) is 37.5 Å². The molecule has 2 saturated heterocycles. The van der Waals surface area contributed by atoms with Gasteiger partial charge in [-0.2, -0.15) is 5.26 Å². The lowest BCUT2D eigenvalue weighted by molar-refractivity contribution is -0.174. The highest BCUT2D eigenvalue weighted by Crippen LogP contribution is 2.56. The first-order valence-corrected chi connectivity index (χ1v) is 25.9. The van der Waals surface area contributed by atoms with Crippen LogP contribution in [0.2, 0.25) is 5.02 Å². The normalized spacial score (nSPS) is 24.4. The van der Waals surface area contributed by atoms with Gasteiger partial charge in [0.1, 0.15) is 23.7 Å². The van der Waals surface area contributed by atoms with Crippen molar-refractivity contribution in [3.63, 3.8) is 0 Å². The maximum atomic E-state index is 16.2. The number of nitrogens with zero attached hydrogens (tertiary/aromatic N) is 5. The van der Waals surface area contributed by atoms with Crippen molar-refractivity contribution in [3.05, 3.63) is 88.3 Å². The van der Waals surface area contributed by atoms with Crippen molar-refractivity contribution in [1.29, 1.82) is 5.26 Å². The first-order valence-electron chi connectivity index (χ1n) is 23.9. The monoisotopic (exact) mass is 986 g/mol. The van der Waals surface area contributed by atoms with Crippen LogP contribution >= 0.6 is 11.6 Å². The number of carbonyl (C=O) groups is 2. The maximum Gasteiger partial charge on any atom is 0.244 e. The van der Waals surface area contributed by atoms with Crippen molar-refractivity contribution in [2.75, 3.05) is 63.9 Å². The Morgan fingerprint density at radius 1 is 1.04 bits per heavy atom. The van der Waals surface area contributed by atoms with Gasteiger partial charge in [-0.15, -0.1) is 0 Å². The molecule has 2 amide bonds. The van der Waals surface area contributed by atoms with Crippen LogP contribution in [-0.2, 0) is 30.8 Å². The quantitative estimate of drug-likeness (QED) is 0.133. The predicted molar refractivity (Wildman–Crippen MR) is 264 cm³/mol. The van der Waals surface area contributed by atoms with Gasteiger partial charge < -0.3 is 39.5 Å². The summed E-state index contributed by atoms with van der Waals surface area (Å²) in [4.78, 5) is 37.5. The summed E-state index contributed by atoms with van der Waals surface area (Å²) in [6.07, 6.45) is 5.01. The average molecular weight is 988 g/mol. The Morgan fingerprint density at radius 3 is 2.49 bits per heavy atom. The van der Waals surface area contributed by atoms with Gasteiger partial charge in [0.25, 0.3) is 0 Å². The van der Waals surface area contributed by atoms with Gasteiger partial charge in [-0.3, -0.25) is 19.3 Å². The lowest BCUT2D eigenvalue weighted by atomic mass is 9.49. The molecule has 3 aromatic rings. The van der Waals surface area contributed by atoms with Gasteiger partial charge in [-0.25, -0.2) is 12.8 Å². The number of fused-ring (bicyclic) bond motifs is 1. The van der Waals surface area contributed by atoms with Crippen LogP contribution in [0.15, 0.2) is 65.8 Å². The number of sulfonamides is 1. The number of ether oxygens (including phenoxy) is 3. The highest BCUT2D eigenvalue weighted by molar-refractivity contribution is 7.92. The summed E-state index contributed by atoms with van der Waals surface area (Å²) in [5.41, 5.74) is 1.89. The molecule has 18 heteroatoms. The number of piperidine rings is 1. The molecule has 3 unspecified atom stereocenters. The molecule has 3 aromatic carbocycles. The van der Waals surface area contributed by atoms with Crippen molar-refractivity contribution in [2.24, 2.45) is 27.7 Å². The molecular formula is C51H64ClFN8O7S. The first kappa shape index (κ1) is 50.0. The number of anilines is 1. The molecule has 3 fully saturated rings. The number of halogens is 2. The van der Waals surface area contributed by atoms with Crippen molar-refractivity contribution < 1.29 is 36.6 Å². The van der Waals surface area contributed by atoms with E-state index in [4.69, 9.17) is 30.8 Å². The molecule has 4 aliphatic heterocycles. The Morgan fingerprint density at radius 2 is 1.80 bits per heavy atom. The molecule has 3 N–H and O–H groups in total. The molecule has 0 spiro atoms. The second-order valence-corrected chi connectivity index (χ2v) is 22.5. The van der Waals surface area contributed by atoms with Crippen LogP contribution in [0.5, 0.6) is 17.2 Å². The fourth-order valence-corrected chi connectivity index (χ4v) is 12.0. The third-order valence-corrected chi connectivity index (χ3v) is 16.2. The third-order valence-electron chi connectivity index (χ3n) is 14.5. The molecule has 8 rings (SSSR count). The zero-order valence-electron chi connectivity index (χ0n) is 40.5. The second-order valence-electron chi connectivity index (χ2n) is 20.1. The van der Waals surface area contributed by atoms with Crippen molar-refractivity contribution in [2.45, 2.75) is 91.0 Å². The van der Waals surface area contributed by atoms with Crippen molar-refractivity contribution in [1.82, 2.24) is 25.3 Å². The van der Waals surface area contributed by atoms with Gasteiger partial charge in [0, 0.05) is 86.6 Å². The van der Waals surface area contributed by atoms with E-state index in [1.807, 2.05) is 7.05 Å². The SMILES string of the molecule is CCS(=O)(=O)Nc1ccc(Oc2cccc(CCCOC3CCN(C4=NCC(C(=O)NC5C(C)(C)C(Oc6ccc(C#N)c(Cl)c6)C5(C)C)CN4C)CC3)c2F)c(C2=CN(C)C(=O)C3NCCC23)c1. The summed E-state index contributed by atoms with van der Waals surface area (Å²) >= 11 is 6.27. The van der Waals surface area contributed by atoms with Gasteiger partial charge >= 0.3 is 0 Å². The molecule has 5 aliphatic rings. The third kappa shape index (κ3) is 10.4. The van der Waals surface area contributed by atoms with Crippen LogP contribution in [0.4, 0.5) is 10.1 Å². The van der Waals surface area contributed by atoms with Gasteiger partial charge in [-0.1, -0.05) is 51.4 Å². The number of aryl methyl sites for hydroxylation is 1.